The van der Waals surface area contributed by atoms with Crippen molar-refractivity contribution in [1.82, 2.24) is 9.88 Å². The van der Waals surface area contributed by atoms with Gasteiger partial charge in [0.25, 0.3) is 5.91 Å². The molecule has 1 fully saturated rings. The molecule has 7 heteroatoms. The number of aryl methyl sites for hydroxylation is 1. The van der Waals surface area contributed by atoms with E-state index in [1.165, 1.54) is 5.56 Å². The Hall–Kier alpha value is -2.80. The fraction of sp³-hybridized carbons (Fsp3) is 0.455. The predicted octanol–water partition coefficient (Wildman–Crippen LogP) is 3.07. The van der Waals surface area contributed by atoms with E-state index in [0.29, 0.717) is 43.5 Å². The Morgan fingerprint density at radius 3 is 2.97 bits per heavy atom. The summed E-state index contributed by atoms with van der Waals surface area (Å²) in [6, 6.07) is 9.28. The number of benzene rings is 1. The number of carbonyl (C=O) groups is 1. The average molecular weight is 398 g/mol. The number of carbonyl (C=O) groups excluding carboxylic acids is 1. The highest BCUT2D eigenvalue weighted by molar-refractivity contribution is 5.92. The lowest BCUT2D eigenvalue weighted by Crippen LogP contribution is -2.47. The van der Waals surface area contributed by atoms with E-state index in [1.807, 2.05) is 30.5 Å². The number of unbranched alkanes of at least 4 members (excludes halogenated alkanes) is 1. The third-order valence-corrected chi connectivity index (χ3v) is 5.07. The van der Waals surface area contributed by atoms with Crippen LogP contribution in [0.4, 0.5) is 0 Å². The second-order valence-electron chi connectivity index (χ2n) is 7.23. The van der Waals surface area contributed by atoms with Crippen LogP contribution in [-0.2, 0) is 11.2 Å². The van der Waals surface area contributed by atoms with Gasteiger partial charge in [-0.15, -0.1) is 0 Å². The fourth-order valence-electron chi connectivity index (χ4n) is 3.40. The Kier molecular flexibility index (Phi) is 6.14. The Balaban J connectivity index is 1.31. The molecule has 0 spiro atoms. The lowest BCUT2D eigenvalue weighted by molar-refractivity contribution is -0.0402. The van der Waals surface area contributed by atoms with Crippen LogP contribution in [0, 0.1) is 0 Å². The van der Waals surface area contributed by atoms with Crippen LogP contribution in [0.15, 0.2) is 36.5 Å². The molecule has 154 valence electrons. The van der Waals surface area contributed by atoms with Gasteiger partial charge in [0.05, 0.1) is 13.2 Å². The van der Waals surface area contributed by atoms with Gasteiger partial charge in [-0.2, -0.15) is 0 Å². The minimum absolute atomic E-state index is 0.0663. The molecule has 0 N–H and O–H groups in total. The summed E-state index contributed by atoms with van der Waals surface area (Å²) in [6.07, 6.45) is 4.88. The van der Waals surface area contributed by atoms with Crippen LogP contribution in [-0.4, -0.2) is 55.0 Å². The Morgan fingerprint density at radius 2 is 2.14 bits per heavy atom. The quantitative estimate of drug-likeness (QED) is 0.714. The zero-order chi connectivity index (χ0) is 20.1. The molecule has 1 unspecified atom stereocenters. The lowest BCUT2D eigenvalue weighted by atomic mass is 10.1. The van der Waals surface area contributed by atoms with Gasteiger partial charge in [-0.25, -0.2) is 0 Å². The number of pyridine rings is 1. The first kappa shape index (κ1) is 19.5. The number of ether oxygens (including phenoxy) is 4. The molecule has 2 aromatic rings. The summed E-state index contributed by atoms with van der Waals surface area (Å²) in [5.41, 5.74) is 1.64. The largest absolute Gasteiger partial charge is 0.491 e. The molecule has 1 amide bonds. The van der Waals surface area contributed by atoms with Gasteiger partial charge in [0.1, 0.15) is 24.2 Å². The highest BCUT2D eigenvalue weighted by Crippen LogP contribution is 2.35. The number of fused-ring (bicyclic) bond motifs is 1. The van der Waals surface area contributed by atoms with Crippen molar-refractivity contribution in [3.8, 4) is 17.2 Å². The van der Waals surface area contributed by atoms with E-state index >= 15 is 0 Å². The third kappa shape index (κ3) is 4.79. The number of rotatable bonds is 7. The van der Waals surface area contributed by atoms with Crippen molar-refractivity contribution >= 4 is 5.91 Å². The first-order chi connectivity index (χ1) is 14.2. The Labute approximate surface area is 170 Å². The smallest absolute Gasteiger partial charge is 0.272 e. The van der Waals surface area contributed by atoms with Gasteiger partial charge < -0.3 is 23.8 Å². The molecule has 1 saturated heterocycles. The summed E-state index contributed by atoms with van der Waals surface area (Å²) < 4.78 is 22.3. The summed E-state index contributed by atoms with van der Waals surface area (Å²) >= 11 is 0. The number of hydrogen-bond donors (Lipinski definition) is 0. The summed E-state index contributed by atoms with van der Waals surface area (Å²) in [5.74, 6) is 2.02. The first-order valence-electron chi connectivity index (χ1n) is 10.1. The minimum atomic E-state index is -0.193. The van der Waals surface area contributed by atoms with E-state index < -0.39 is 0 Å². The van der Waals surface area contributed by atoms with Gasteiger partial charge in [0, 0.05) is 18.8 Å². The summed E-state index contributed by atoms with van der Waals surface area (Å²) in [6.45, 7) is 4.26. The van der Waals surface area contributed by atoms with Crippen LogP contribution in [0.3, 0.4) is 0 Å². The van der Waals surface area contributed by atoms with Crippen molar-refractivity contribution in [1.29, 1.82) is 0 Å². The van der Waals surface area contributed by atoms with Crippen LogP contribution in [0.5, 0.6) is 17.2 Å². The Bertz CT molecular complexity index is 840. The zero-order valence-electron chi connectivity index (χ0n) is 16.6. The van der Waals surface area contributed by atoms with Crippen LogP contribution in [0.2, 0.25) is 0 Å². The van der Waals surface area contributed by atoms with Gasteiger partial charge in [-0.1, -0.05) is 19.4 Å². The van der Waals surface area contributed by atoms with Crippen molar-refractivity contribution in [2.24, 2.45) is 0 Å². The minimum Gasteiger partial charge on any atom is -0.491 e. The molecule has 3 heterocycles. The predicted molar refractivity (Wildman–Crippen MR) is 107 cm³/mol. The Morgan fingerprint density at radius 1 is 1.24 bits per heavy atom. The maximum absolute atomic E-state index is 12.8. The topological polar surface area (TPSA) is 70.1 Å². The molecule has 2 aliphatic heterocycles. The third-order valence-electron chi connectivity index (χ3n) is 5.07. The van der Waals surface area contributed by atoms with Crippen LogP contribution < -0.4 is 14.2 Å². The second-order valence-corrected chi connectivity index (χ2v) is 7.23. The maximum atomic E-state index is 12.8. The molecule has 0 bridgehead atoms. The molecule has 0 saturated carbocycles. The average Bonchev–Trinajstić information content (AvgIpc) is 3.24. The summed E-state index contributed by atoms with van der Waals surface area (Å²) in [5, 5.41) is 0. The van der Waals surface area contributed by atoms with E-state index in [9.17, 15) is 4.79 Å². The molecule has 29 heavy (non-hydrogen) atoms. The normalized spacial score (nSPS) is 18.0. The number of nitrogens with zero attached hydrogens (tertiary/aromatic N) is 2. The monoisotopic (exact) mass is 398 g/mol. The molecule has 0 aliphatic carbocycles. The van der Waals surface area contributed by atoms with Crippen molar-refractivity contribution in [2.75, 3.05) is 33.1 Å². The second kappa shape index (κ2) is 9.13. The van der Waals surface area contributed by atoms with E-state index in [1.54, 1.807) is 11.0 Å². The van der Waals surface area contributed by atoms with E-state index in [-0.39, 0.29) is 18.8 Å². The van der Waals surface area contributed by atoms with Crippen LogP contribution >= 0.6 is 0 Å². The van der Waals surface area contributed by atoms with Gasteiger partial charge in [0.15, 0.2) is 11.5 Å². The molecule has 1 aromatic heterocycles. The van der Waals surface area contributed by atoms with Gasteiger partial charge in [-0.05, 0) is 36.6 Å². The fourth-order valence-corrected chi connectivity index (χ4v) is 3.40. The first-order valence-corrected chi connectivity index (χ1v) is 10.1. The highest BCUT2D eigenvalue weighted by Gasteiger charge is 2.26. The molecule has 4 rings (SSSR count). The van der Waals surface area contributed by atoms with Gasteiger partial charge in [-0.3, -0.25) is 9.78 Å². The van der Waals surface area contributed by atoms with Crippen molar-refractivity contribution in [3.05, 3.63) is 47.8 Å². The molecular formula is C22H26N2O5. The summed E-state index contributed by atoms with van der Waals surface area (Å²) in [7, 11) is 0. The van der Waals surface area contributed by atoms with Crippen molar-refractivity contribution in [3.63, 3.8) is 0 Å². The van der Waals surface area contributed by atoms with Crippen molar-refractivity contribution in [2.45, 2.75) is 32.3 Å². The van der Waals surface area contributed by atoms with Crippen molar-refractivity contribution < 1.29 is 23.7 Å². The molecule has 2 aliphatic rings. The highest BCUT2D eigenvalue weighted by atomic mass is 16.7. The molecule has 1 atom stereocenters. The number of aromatic nitrogens is 1. The summed E-state index contributed by atoms with van der Waals surface area (Å²) in [4.78, 5) is 19.0. The number of amides is 1. The van der Waals surface area contributed by atoms with Gasteiger partial charge >= 0.3 is 0 Å². The van der Waals surface area contributed by atoms with Gasteiger partial charge in [0.2, 0.25) is 6.79 Å². The SMILES string of the molecule is CCCCc1ccc(C(=O)N2CCOC(COc3ccc4c(c3)OCO4)C2)nc1. The zero-order valence-corrected chi connectivity index (χ0v) is 16.6. The molecule has 0 radical (unpaired) electrons. The number of morpholine rings is 1. The van der Waals surface area contributed by atoms with E-state index in [0.717, 1.165) is 25.0 Å². The standard InChI is InChI=1S/C22H26N2O5/c1-2-3-4-16-5-7-19(23-12-16)22(25)24-9-10-26-18(13-24)14-27-17-6-8-20-21(11-17)29-15-28-20/h5-8,11-12,18H,2-4,9-10,13-15H2,1H3. The molecule has 1 aromatic carbocycles. The number of hydrogen-bond acceptors (Lipinski definition) is 6. The lowest BCUT2D eigenvalue weighted by Gasteiger charge is -2.32. The van der Waals surface area contributed by atoms with Crippen LogP contribution in [0.1, 0.15) is 35.8 Å². The van der Waals surface area contributed by atoms with Crippen LogP contribution in [0.25, 0.3) is 0 Å². The van der Waals surface area contributed by atoms with E-state index in [2.05, 4.69) is 11.9 Å². The molecular weight excluding hydrogens is 372 g/mol. The molecule has 7 nitrogen and oxygen atoms in total. The maximum Gasteiger partial charge on any atom is 0.272 e. The van der Waals surface area contributed by atoms with E-state index in [4.69, 9.17) is 18.9 Å².